The first-order chi connectivity index (χ1) is 9.26. The number of ether oxygens (including phenoxy) is 1. The highest BCUT2D eigenvalue weighted by Crippen LogP contribution is 2.18. The van der Waals surface area contributed by atoms with E-state index in [0.29, 0.717) is 18.7 Å². The minimum absolute atomic E-state index is 0.244. The zero-order valence-corrected chi connectivity index (χ0v) is 11.1. The second kappa shape index (κ2) is 6.13. The summed E-state index contributed by atoms with van der Waals surface area (Å²) in [5.74, 6) is 0.0401. The molecule has 1 N–H and O–H groups in total. The van der Waals surface area contributed by atoms with Gasteiger partial charge in [-0.1, -0.05) is 19.1 Å². The average molecular weight is 259 g/mol. The SMILES string of the molecule is CCCNC(=O)c1nc2ccccc2nc1OCC. The lowest BCUT2D eigenvalue weighted by Crippen LogP contribution is -2.26. The highest BCUT2D eigenvalue weighted by atomic mass is 16.5. The number of hydrogen-bond donors (Lipinski definition) is 1. The first-order valence-electron chi connectivity index (χ1n) is 6.44. The van der Waals surface area contributed by atoms with E-state index in [0.717, 1.165) is 11.9 Å². The molecule has 1 aromatic heterocycles. The van der Waals surface area contributed by atoms with Gasteiger partial charge in [-0.05, 0) is 25.5 Å². The van der Waals surface area contributed by atoms with Gasteiger partial charge >= 0.3 is 0 Å². The fraction of sp³-hybridized carbons (Fsp3) is 0.357. The van der Waals surface area contributed by atoms with Gasteiger partial charge in [0.05, 0.1) is 17.6 Å². The van der Waals surface area contributed by atoms with Gasteiger partial charge in [0.15, 0.2) is 5.69 Å². The molecule has 0 radical (unpaired) electrons. The quantitative estimate of drug-likeness (QED) is 0.893. The van der Waals surface area contributed by atoms with Gasteiger partial charge < -0.3 is 10.1 Å². The van der Waals surface area contributed by atoms with Crippen molar-refractivity contribution in [3.63, 3.8) is 0 Å². The molecule has 0 atom stereocenters. The Morgan fingerprint density at radius 2 is 1.89 bits per heavy atom. The molecule has 1 amide bonds. The van der Waals surface area contributed by atoms with E-state index in [1.165, 1.54) is 0 Å². The van der Waals surface area contributed by atoms with Crippen molar-refractivity contribution in [3.05, 3.63) is 30.0 Å². The maximum absolute atomic E-state index is 12.0. The van der Waals surface area contributed by atoms with Crippen LogP contribution >= 0.6 is 0 Å². The monoisotopic (exact) mass is 259 g/mol. The number of fused-ring (bicyclic) bond motifs is 1. The van der Waals surface area contributed by atoms with E-state index in [2.05, 4.69) is 15.3 Å². The Kier molecular flexibility index (Phi) is 4.28. The number of carbonyl (C=O) groups excluding carboxylic acids is 1. The topological polar surface area (TPSA) is 64.1 Å². The van der Waals surface area contributed by atoms with Gasteiger partial charge in [0, 0.05) is 6.54 Å². The van der Waals surface area contributed by atoms with Crippen molar-refractivity contribution in [1.82, 2.24) is 15.3 Å². The molecule has 0 aliphatic heterocycles. The summed E-state index contributed by atoms with van der Waals surface area (Å²) in [6.07, 6.45) is 0.872. The molecule has 0 saturated heterocycles. The molecule has 0 aliphatic carbocycles. The third-order valence-electron chi connectivity index (χ3n) is 2.57. The molecule has 0 saturated carbocycles. The number of para-hydroxylation sites is 2. The molecule has 5 nitrogen and oxygen atoms in total. The number of aromatic nitrogens is 2. The van der Waals surface area contributed by atoms with Crippen LogP contribution in [0.2, 0.25) is 0 Å². The lowest BCUT2D eigenvalue weighted by molar-refractivity contribution is 0.0944. The van der Waals surface area contributed by atoms with Crippen molar-refractivity contribution in [2.45, 2.75) is 20.3 Å². The maximum atomic E-state index is 12.0. The van der Waals surface area contributed by atoms with E-state index >= 15 is 0 Å². The Morgan fingerprint density at radius 1 is 1.21 bits per heavy atom. The van der Waals surface area contributed by atoms with E-state index in [9.17, 15) is 4.79 Å². The van der Waals surface area contributed by atoms with Crippen molar-refractivity contribution < 1.29 is 9.53 Å². The van der Waals surface area contributed by atoms with Gasteiger partial charge in [-0.15, -0.1) is 0 Å². The second-order valence-corrected chi connectivity index (χ2v) is 4.05. The number of benzene rings is 1. The van der Waals surface area contributed by atoms with Crippen LogP contribution in [0.15, 0.2) is 24.3 Å². The van der Waals surface area contributed by atoms with Gasteiger partial charge in [0.1, 0.15) is 0 Å². The molecule has 0 spiro atoms. The van der Waals surface area contributed by atoms with E-state index in [-0.39, 0.29) is 17.5 Å². The smallest absolute Gasteiger partial charge is 0.275 e. The summed E-state index contributed by atoms with van der Waals surface area (Å²) in [6.45, 7) is 4.90. The normalized spacial score (nSPS) is 10.4. The largest absolute Gasteiger partial charge is 0.476 e. The lowest BCUT2D eigenvalue weighted by atomic mass is 10.3. The van der Waals surface area contributed by atoms with E-state index in [1.54, 1.807) is 0 Å². The van der Waals surface area contributed by atoms with Gasteiger partial charge in [0.25, 0.3) is 5.91 Å². The third kappa shape index (κ3) is 2.99. The van der Waals surface area contributed by atoms with Gasteiger partial charge in [-0.2, -0.15) is 0 Å². The molecule has 0 aliphatic rings. The van der Waals surface area contributed by atoms with Gasteiger partial charge in [-0.25, -0.2) is 9.97 Å². The first-order valence-corrected chi connectivity index (χ1v) is 6.44. The highest BCUT2D eigenvalue weighted by molar-refractivity contribution is 5.96. The van der Waals surface area contributed by atoms with Crippen LogP contribution in [-0.4, -0.2) is 29.0 Å². The molecular weight excluding hydrogens is 242 g/mol. The van der Waals surface area contributed by atoms with Crippen LogP contribution in [-0.2, 0) is 0 Å². The summed E-state index contributed by atoms with van der Waals surface area (Å²) in [4.78, 5) is 20.7. The fourth-order valence-electron chi connectivity index (χ4n) is 1.69. The standard InChI is InChI=1S/C14H17N3O2/c1-3-9-15-13(18)12-14(19-4-2)17-11-8-6-5-7-10(11)16-12/h5-8H,3-4,9H2,1-2H3,(H,15,18). The summed E-state index contributed by atoms with van der Waals surface area (Å²) < 4.78 is 5.41. The molecule has 0 bridgehead atoms. The molecule has 5 heteroatoms. The Hall–Kier alpha value is -2.17. The van der Waals surface area contributed by atoms with Crippen LogP contribution < -0.4 is 10.1 Å². The van der Waals surface area contributed by atoms with Gasteiger partial charge in [-0.3, -0.25) is 4.79 Å². The van der Waals surface area contributed by atoms with Crippen LogP contribution in [0.4, 0.5) is 0 Å². The van der Waals surface area contributed by atoms with Crippen LogP contribution in [0.1, 0.15) is 30.8 Å². The number of carbonyl (C=O) groups is 1. The van der Waals surface area contributed by atoms with Crippen LogP contribution in [0.3, 0.4) is 0 Å². The number of rotatable bonds is 5. The molecule has 2 aromatic rings. The Labute approximate surface area is 112 Å². The molecule has 0 unspecified atom stereocenters. The zero-order valence-electron chi connectivity index (χ0n) is 11.1. The van der Waals surface area contributed by atoms with E-state index in [1.807, 2.05) is 38.1 Å². The summed E-state index contributed by atoms with van der Waals surface area (Å²) >= 11 is 0. The molecule has 1 aromatic carbocycles. The summed E-state index contributed by atoms with van der Waals surface area (Å²) in [5.41, 5.74) is 1.65. The zero-order chi connectivity index (χ0) is 13.7. The second-order valence-electron chi connectivity index (χ2n) is 4.05. The Bertz CT molecular complexity index is 584. The lowest BCUT2D eigenvalue weighted by Gasteiger charge is -2.09. The van der Waals surface area contributed by atoms with Crippen LogP contribution in [0.5, 0.6) is 5.88 Å². The molecular formula is C14H17N3O2. The summed E-state index contributed by atoms with van der Waals surface area (Å²) in [7, 11) is 0. The van der Waals surface area contributed by atoms with Crippen molar-refractivity contribution in [2.75, 3.05) is 13.2 Å². The first kappa shape index (κ1) is 13.3. The Morgan fingerprint density at radius 3 is 2.53 bits per heavy atom. The third-order valence-corrected chi connectivity index (χ3v) is 2.57. The predicted molar refractivity (Wildman–Crippen MR) is 73.3 cm³/mol. The predicted octanol–water partition coefficient (Wildman–Crippen LogP) is 2.17. The number of nitrogens with one attached hydrogen (secondary N) is 1. The van der Waals surface area contributed by atoms with Gasteiger partial charge in [0.2, 0.25) is 5.88 Å². The molecule has 100 valence electrons. The number of nitrogens with zero attached hydrogens (tertiary/aromatic N) is 2. The number of hydrogen-bond acceptors (Lipinski definition) is 4. The minimum Gasteiger partial charge on any atom is -0.476 e. The molecule has 2 rings (SSSR count). The van der Waals surface area contributed by atoms with Crippen molar-refractivity contribution in [1.29, 1.82) is 0 Å². The molecule has 0 fully saturated rings. The van der Waals surface area contributed by atoms with Crippen molar-refractivity contribution in [2.24, 2.45) is 0 Å². The average Bonchev–Trinajstić information content (AvgIpc) is 2.44. The van der Waals surface area contributed by atoms with E-state index < -0.39 is 0 Å². The minimum atomic E-state index is -0.247. The van der Waals surface area contributed by atoms with Crippen LogP contribution in [0, 0.1) is 0 Å². The Balaban J connectivity index is 2.43. The highest BCUT2D eigenvalue weighted by Gasteiger charge is 2.16. The summed E-state index contributed by atoms with van der Waals surface area (Å²) in [6, 6.07) is 7.42. The summed E-state index contributed by atoms with van der Waals surface area (Å²) in [5, 5.41) is 2.79. The number of amides is 1. The van der Waals surface area contributed by atoms with Crippen molar-refractivity contribution in [3.8, 4) is 5.88 Å². The van der Waals surface area contributed by atoms with E-state index in [4.69, 9.17) is 4.74 Å². The molecule has 1 heterocycles. The van der Waals surface area contributed by atoms with Crippen LogP contribution in [0.25, 0.3) is 11.0 Å². The van der Waals surface area contributed by atoms with Crippen molar-refractivity contribution >= 4 is 16.9 Å². The molecule has 19 heavy (non-hydrogen) atoms. The maximum Gasteiger partial charge on any atom is 0.275 e. The fourth-order valence-corrected chi connectivity index (χ4v) is 1.69.